The van der Waals surface area contributed by atoms with Gasteiger partial charge in [-0.15, -0.1) is 0 Å². The normalized spacial score (nSPS) is 14.7. The van der Waals surface area contributed by atoms with Crippen LogP contribution < -0.4 is 14.8 Å². The number of ether oxygens (including phenoxy) is 2. The fraction of sp³-hybridized carbons (Fsp3) is 0.533. The van der Waals surface area contributed by atoms with E-state index in [1.54, 1.807) is 4.90 Å². The standard InChI is InChI=1S/C30H42N2O4/c1-5-35-27-18-16-24(20-28(27)36-6-2)17-19-29(33)32(21-25-13-11-10-12-22(25)3)23(4)30(34)31-26-14-8-7-9-15-26/h10-13,16,18,20,23,26H,5-9,14-15,17,19,21H2,1-4H3,(H,31,34). The van der Waals surface area contributed by atoms with Crippen LogP contribution in [0.1, 0.15) is 76.0 Å². The first-order valence-electron chi connectivity index (χ1n) is 13.5. The molecular weight excluding hydrogens is 452 g/mol. The van der Waals surface area contributed by atoms with Crippen LogP contribution in [0.15, 0.2) is 42.5 Å². The lowest BCUT2D eigenvalue weighted by Crippen LogP contribution is -2.50. The number of carbonyl (C=O) groups is 2. The molecule has 0 heterocycles. The second-order valence-electron chi connectivity index (χ2n) is 9.61. The van der Waals surface area contributed by atoms with Crippen molar-refractivity contribution in [2.24, 2.45) is 0 Å². The zero-order valence-corrected chi connectivity index (χ0v) is 22.3. The summed E-state index contributed by atoms with van der Waals surface area (Å²) in [4.78, 5) is 28.5. The molecule has 1 aliphatic rings. The molecule has 36 heavy (non-hydrogen) atoms. The number of amides is 2. The minimum Gasteiger partial charge on any atom is -0.490 e. The Labute approximate surface area is 216 Å². The van der Waals surface area contributed by atoms with Gasteiger partial charge in [0.25, 0.3) is 0 Å². The van der Waals surface area contributed by atoms with Gasteiger partial charge in [0.15, 0.2) is 11.5 Å². The Morgan fingerprint density at radius 2 is 1.69 bits per heavy atom. The van der Waals surface area contributed by atoms with E-state index in [1.165, 1.54) is 6.42 Å². The predicted octanol–water partition coefficient (Wildman–Crippen LogP) is 5.59. The molecule has 0 saturated heterocycles. The molecule has 0 bridgehead atoms. The Hall–Kier alpha value is -3.02. The summed E-state index contributed by atoms with van der Waals surface area (Å²) in [5.41, 5.74) is 3.18. The molecule has 1 unspecified atom stereocenters. The maximum Gasteiger partial charge on any atom is 0.242 e. The minimum atomic E-state index is -0.543. The molecule has 1 aliphatic carbocycles. The fourth-order valence-corrected chi connectivity index (χ4v) is 4.77. The molecule has 2 aromatic rings. The molecule has 2 aromatic carbocycles. The topological polar surface area (TPSA) is 67.9 Å². The molecule has 6 heteroatoms. The average molecular weight is 495 g/mol. The third kappa shape index (κ3) is 7.74. The summed E-state index contributed by atoms with van der Waals surface area (Å²) in [5, 5.41) is 3.20. The second-order valence-corrected chi connectivity index (χ2v) is 9.61. The molecule has 3 rings (SSSR count). The first-order valence-corrected chi connectivity index (χ1v) is 13.5. The molecule has 196 valence electrons. The highest BCUT2D eigenvalue weighted by Gasteiger charge is 2.28. The van der Waals surface area contributed by atoms with Crippen LogP contribution in [-0.4, -0.2) is 42.0 Å². The van der Waals surface area contributed by atoms with Gasteiger partial charge in [-0.25, -0.2) is 0 Å². The Morgan fingerprint density at radius 3 is 2.39 bits per heavy atom. The van der Waals surface area contributed by atoms with Crippen molar-refractivity contribution in [2.45, 2.75) is 91.3 Å². The van der Waals surface area contributed by atoms with E-state index in [-0.39, 0.29) is 17.9 Å². The zero-order chi connectivity index (χ0) is 25.9. The number of nitrogens with one attached hydrogen (secondary N) is 1. The maximum atomic E-state index is 13.5. The van der Waals surface area contributed by atoms with Gasteiger partial charge in [0.1, 0.15) is 6.04 Å². The molecule has 1 fully saturated rings. The first kappa shape index (κ1) is 27.6. The van der Waals surface area contributed by atoms with Gasteiger partial charge in [-0.05, 0) is 75.8 Å². The maximum absolute atomic E-state index is 13.5. The monoisotopic (exact) mass is 494 g/mol. The Balaban J connectivity index is 1.73. The van der Waals surface area contributed by atoms with Crippen molar-refractivity contribution in [3.8, 4) is 11.5 Å². The van der Waals surface area contributed by atoms with Crippen LogP contribution in [-0.2, 0) is 22.6 Å². The van der Waals surface area contributed by atoms with Crippen LogP contribution in [0, 0.1) is 6.92 Å². The van der Waals surface area contributed by atoms with E-state index in [1.807, 2.05) is 70.2 Å². The van der Waals surface area contributed by atoms with Gasteiger partial charge in [0, 0.05) is 19.0 Å². The van der Waals surface area contributed by atoms with Gasteiger partial charge in [0.05, 0.1) is 13.2 Å². The van der Waals surface area contributed by atoms with Crippen LogP contribution in [0.5, 0.6) is 11.5 Å². The van der Waals surface area contributed by atoms with Crippen LogP contribution in [0.4, 0.5) is 0 Å². The van der Waals surface area contributed by atoms with Crippen LogP contribution in [0.25, 0.3) is 0 Å². The Bertz CT molecular complexity index is 1000. The quantitative estimate of drug-likeness (QED) is 0.418. The molecule has 1 saturated carbocycles. The van der Waals surface area contributed by atoms with E-state index < -0.39 is 6.04 Å². The summed E-state index contributed by atoms with van der Waals surface area (Å²) in [5.74, 6) is 1.31. The van der Waals surface area contributed by atoms with Crippen molar-refractivity contribution in [1.82, 2.24) is 10.2 Å². The van der Waals surface area contributed by atoms with Crippen molar-refractivity contribution in [2.75, 3.05) is 13.2 Å². The minimum absolute atomic E-state index is 0.0311. The number of aryl methyl sites for hydroxylation is 2. The smallest absolute Gasteiger partial charge is 0.242 e. The third-order valence-electron chi connectivity index (χ3n) is 6.96. The van der Waals surface area contributed by atoms with Crippen molar-refractivity contribution < 1.29 is 19.1 Å². The zero-order valence-electron chi connectivity index (χ0n) is 22.3. The first-order chi connectivity index (χ1) is 17.4. The molecule has 0 spiro atoms. The third-order valence-corrected chi connectivity index (χ3v) is 6.96. The number of rotatable bonds is 12. The molecular formula is C30H42N2O4. The van der Waals surface area contributed by atoms with Gasteiger partial charge in [-0.2, -0.15) is 0 Å². The van der Waals surface area contributed by atoms with E-state index in [4.69, 9.17) is 9.47 Å². The summed E-state index contributed by atoms with van der Waals surface area (Å²) in [6.07, 6.45) is 6.44. The second kappa shape index (κ2) is 13.9. The van der Waals surface area contributed by atoms with Gasteiger partial charge in [-0.1, -0.05) is 49.6 Å². The van der Waals surface area contributed by atoms with E-state index in [2.05, 4.69) is 5.32 Å². The van der Waals surface area contributed by atoms with Crippen molar-refractivity contribution >= 4 is 11.8 Å². The highest BCUT2D eigenvalue weighted by Crippen LogP contribution is 2.29. The van der Waals surface area contributed by atoms with E-state index in [9.17, 15) is 9.59 Å². The highest BCUT2D eigenvalue weighted by molar-refractivity contribution is 5.87. The van der Waals surface area contributed by atoms with Crippen LogP contribution in [0.2, 0.25) is 0 Å². The summed E-state index contributed by atoms with van der Waals surface area (Å²) < 4.78 is 11.4. The molecule has 2 amide bonds. The summed E-state index contributed by atoms with van der Waals surface area (Å²) in [6, 6.07) is 13.5. The van der Waals surface area contributed by atoms with Crippen LogP contribution >= 0.6 is 0 Å². The molecule has 1 atom stereocenters. The summed E-state index contributed by atoms with van der Waals surface area (Å²) >= 11 is 0. The highest BCUT2D eigenvalue weighted by atomic mass is 16.5. The number of benzene rings is 2. The van der Waals surface area contributed by atoms with Crippen molar-refractivity contribution in [1.29, 1.82) is 0 Å². The lowest BCUT2D eigenvalue weighted by Gasteiger charge is -2.31. The number of hydrogen-bond donors (Lipinski definition) is 1. The Kier molecular flexibility index (Phi) is 10.6. The fourth-order valence-electron chi connectivity index (χ4n) is 4.77. The van der Waals surface area contributed by atoms with Gasteiger partial charge >= 0.3 is 0 Å². The number of nitrogens with zero attached hydrogens (tertiary/aromatic N) is 1. The van der Waals surface area contributed by atoms with Crippen LogP contribution in [0.3, 0.4) is 0 Å². The van der Waals surface area contributed by atoms with E-state index in [0.717, 1.165) is 42.4 Å². The average Bonchev–Trinajstić information content (AvgIpc) is 2.88. The SMILES string of the molecule is CCOc1ccc(CCC(=O)N(Cc2ccccc2C)C(C)C(=O)NC2CCCCC2)cc1OCC. The van der Waals surface area contributed by atoms with Gasteiger partial charge < -0.3 is 19.7 Å². The lowest BCUT2D eigenvalue weighted by molar-refractivity contribution is -0.141. The van der Waals surface area contributed by atoms with Gasteiger partial charge in [0.2, 0.25) is 11.8 Å². The largest absolute Gasteiger partial charge is 0.490 e. The number of hydrogen-bond acceptors (Lipinski definition) is 4. The molecule has 0 aliphatic heterocycles. The summed E-state index contributed by atoms with van der Waals surface area (Å²) in [6.45, 7) is 9.29. The van der Waals surface area contributed by atoms with Crippen molar-refractivity contribution in [3.05, 3.63) is 59.2 Å². The molecule has 0 radical (unpaired) electrons. The number of carbonyl (C=O) groups excluding carboxylic acids is 2. The Morgan fingerprint density at radius 1 is 1.00 bits per heavy atom. The van der Waals surface area contributed by atoms with Crippen molar-refractivity contribution in [3.63, 3.8) is 0 Å². The van der Waals surface area contributed by atoms with E-state index >= 15 is 0 Å². The van der Waals surface area contributed by atoms with E-state index in [0.29, 0.717) is 44.1 Å². The van der Waals surface area contributed by atoms with Gasteiger partial charge in [-0.3, -0.25) is 9.59 Å². The molecule has 0 aromatic heterocycles. The predicted molar refractivity (Wildman–Crippen MR) is 143 cm³/mol. The molecule has 6 nitrogen and oxygen atoms in total. The molecule has 1 N–H and O–H groups in total. The summed E-state index contributed by atoms with van der Waals surface area (Å²) in [7, 11) is 0. The lowest BCUT2D eigenvalue weighted by atomic mass is 9.95.